The molecule has 0 saturated heterocycles. The average Bonchev–Trinajstić information content (AvgIpc) is 2.48. The second kappa shape index (κ2) is 9.23. The normalized spacial score (nSPS) is 11.8. The van der Waals surface area contributed by atoms with Gasteiger partial charge in [0, 0.05) is 18.7 Å². The van der Waals surface area contributed by atoms with Gasteiger partial charge in [0.25, 0.3) is 0 Å². The maximum absolute atomic E-state index is 11.4. The quantitative estimate of drug-likeness (QED) is 0.729. The molecule has 1 atom stereocenters. The summed E-state index contributed by atoms with van der Waals surface area (Å²) in [5.74, 6) is 1.46. The number of benzene rings is 1. The molecule has 1 aromatic rings. The summed E-state index contributed by atoms with van der Waals surface area (Å²) in [4.78, 5) is 11.4. The molecule has 1 unspecified atom stereocenters. The third-order valence-corrected chi connectivity index (χ3v) is 3.24. The van der Waals surface area contributed by atoms with Crippen LogP contribution in [-0.4, -0.2) is 32.2 Å². The molecule has 0 saturated carbocycles. The number of hydrogen-bond donors (Lipinski definition) is 2. The van der Waals surface area contributed by atoms with E-state index in [9.17, 15) is 4.79 Å². The SMILES string of the molecule is CCNC(=O)CCOc1cc(OC)ccc1CC(N)CC. The van der Waals surface area contributed by atoms with Crippen LogP contribution in [0.3, 0.4) is 0 Å². The Kier molecular flexibility index (Phi) is 7.61. The summed E-state index contributed by atoms with van der Waals surface area (Å²) in [6.45, 7) is 4.93. The van der Waals surface area contributed by atoms with Crippen molar-refractivity contribution in [3.63, 3.8) is 0 Å². The first-order valence-electron chi connectivity index (χ1n) is 7.42. The average molecular weight is 294 g/mol. The molecule has 3 N–H and O–H groups in total. The lowest BCUT2D eigenvalue weighted by molar-refractivity contribution is -0.121. The van der Waals surface area contributed by atoms with Gasteiger partial charge in [-0.15, -0.1) is 0 Å². The molecule has 0 radical (unpaired) electrons. The van der Waals surface area contributed by atoms with Gasteiger partial charge < -0.3 is 20.5 Å². The minimum absolute atomic E-state index is 0.00722. The lowest BCUT2D eigenvalue weighted by atomic mass is 10.0. The van der Waals surface area contributed by atoms with E-state index < -0.39 is 0 Å². The van der Waals surface area contributed by atoms with Crippen molar-refractivity contribution in [3.05, 3.63) is 23.8 Å². The standard InChI is InChI=1S/C16H26N2O3/c1-4-13(17)10-12-6-7-14(20-3)11-15(12)21-9-8-16(19)18-5-2/h6-7,11,13H,4-5,8-10,17H2,1-3H3,(H,18,19). The van der Waals surface area contributed by atoms with Gasteiger partial charge in [0.05, 0.1) is 20.1 Å². The van der Waals surface area contributed by atoms with E-state index in [1.54, 1.807) is 7.11 Å². The largest absolute Gasteiger partial charge is 0.497 e. The molecular weight excluding hydrogens is 268 g/mol. The summed E-state index contributed by atoms with van der Waals surface area (Å²) in [6.07, 6.45) is 1.99. The van der Waals surface area contributed by atoms with Crippen molar-refractivity contribution >= 4 is 5.91 Å². The number of methoxy groups -OCH3 is 1. The van der Waals surface area contributed by atoms with Crippen molar-refractivity contribution in [2.45, 2.75) is 39.2 Å². The Morgan fingerprint density at radius 3 is 2.76 bits per heavy atom. The number of nitrogens with two attached hydrogens (primary N) is 1. The Balaban J connectivity index is 2.69. The second-order valence-corrected chi connectivity index (χ2v) is 4.90. The molecular formula is C16H26N2O3. The molecule has 0 spiro atoms. The zero-order chi connectivity index (χ0) is 15.7. The summed E-state index contributed by atoms with van der Waals surface area (Å²) in [6, 6.07) is 5.81. The fraction of sp³-hybridized carbons (Fsp3) is 0.562. The molecule has 0 aliphatic carbocycles. The number of amides is 1. The molecule has 1 rings (SSSR count). The summed E-state index contributed by atoms with van der Waals surface area (Å²) in [5, 5.41) is 2.75. The highest BCUT2D eigenvalue weighted by atomic mass is 16.5. The highest BCUT2D eigenvalue weighted by Gasteiger charge is 2.10. The molecule has 0 heterocycles. The molecule has 21 heavy (non-hydrogen) atoms. The fourth-order valence-corrected chi connectivity index (χ4v) is 1.93. The van der Waals surface area contributed by atoms with Crippen LogP contribution in [0.25, 0.3) is 0 Å². The number of carbonyl (C=O) groups excluding carboxylic acids is 1. The Hall–Kier alpha value is -1.75. The van der Waals surface area contributed by atoms with Crippen LogP contribution in [0.1, 0.15) is 32.3 Å². The van der Waals surface area contributed by atoms with Gasteiger partial charge in [0.1, 0.15) is 11.5 Å². The molecule has 0 bridgehead atoms. The number of hydrogen-bond acceptors (Lipinski definition) is 4. The molecule has 1 aromatic carbocycles. The first kappa shape index (κ1) is 17.3. The van der Waals surface area contributed by atoms with Gasteiger partial charge in [-0.25, -0.2) is 0 Å². The Bertz CT molecular complexity index is 449. The predicted molar refractivity (Wildman–Crippen MR) is 83.8 cm³/mol. The Morgan fingerprint density at radius 1 is 1.38 bits per heavy atom. The van der Waals surface area contributed by atoms with E-state index in [-0.39, 0.29) is 11.9 Å². The van der Waals surface area contributed by atoms with Gasteiger partial charge >= 0.3 is 0 Å². The van der Waals surface area contributed by atoms with E-state index in [1.165, 1.54) is 0 Å². The van der Waals surface area contributed by atoms with E-state index in [0.717, 1.165) is 29.9 Å². The van der Waals surface area contributed by atoms with Gasteiger partial charge in [-0.05, 0) is 31.4 Å². The van der Waals surface area contributed by atoms with Crippen LogP contribution in [0, 0.1) is 0 Å². The predicted octanol–water partition coefficient (Wildman–Crippen LogP) is 1.88. The Morgan fingerprint density at radius 2 is 2.14 bits per heavy atom. The lowest BCUT2D eigenvalue weighted by Crippen LogP contribution is -2.24. The van der Waals surface area contributed by atoms with Crippen molar-refractivity contribution in [1.29, 1.82) is 0 Å². The molecule has 1 amide bonds. The molecule has 0 aliphatic rings. The maximum atomic E-state index is 11.4. The van der Waals surface area contributed by atoms with Crippen molar-refractivity contribution in [2.75, 3.05) is 20.3 Å². The van der Waals surface area contributed by atoms with Crippen molar-refractivity contribution in [1.82, 2.24) is 5.32 Å². The molecule has 0 fully saturated rings. The van der Waals surface area contributed by atoms with Crippen LogP contribution < -0.4 is 20.5 Å². The minimum Gasteiger partial charge on any atom is -0.497 e. The van der Waals surface area contributed by atoms with Gasteiger partial charge in [0.2, 0.25) is 5.91 Å². The van der Waals surface area contributed by atoms with Crippen molar-refractivity contribution in [3.8, 4) is 11.5 Å². The zero-order valence-electron chi connectivity index (χ0n) is 13.1. The summed E-state index contributed by atoms with van der Waals surface area (Å²) in [7, 11) is 1.62. The topological polar surface area (TPSA) is 73.6 Å². The highest BCUT2D eigenvalue weighted by molar-refractivity contribution is 5.75. The van der Waals surface area contributed by atoms with E-state index in [4.69, 9.17) is 15.2 Å². The van der Waals surface area contributed by atoms with Gasteiger partial charge in [-0.1, -0.05) is 13.0 Å². The smallest absolute Gasteiger partial charge is 0.223 e. The van der Waals surface area contributed by atoms with E-state index in [0.29, 0.717) is 19.6 Å². The lowest BCUT2D eigenvalue weighted by Gasteiger charge is -2.15. The van der Waals surface area contributed by atoms with E-state index in [1.807, 2.05) is 25.1 Å². The number of carbonyl (C=O) groups is 1. The van der Waals surface area contributed by atoms with Crippen LogP contribution in [0.2, 0.25) is 0 Å². The van der Waals surface area contributed by atoms with Gasteiger partial charge in [-0.2, -0.15) is 0 Å². The molecule has 5 heteroatoms. The third-order valence-electron chi connectivity index (χ3n) is 3.24. The molecule has 5 nitrogen and oxygen atoms in total. The van der Waals surface area contributed by atoms with Gasteiger partial charge in [0.15, 0.2) is 0 Å². The zero-order valence-corrected chi connectivity index (χ0v) is 13.1. The monoisotopic (exact) mass is 294 g/mol. The fourth-order valence-electron chi connectivity index (χ4n) is 1.93. The van der Waals surface area contributed by atoms with E-state index >= 15 is 0 Å². The summed E-state index contributed by atoms with van der Waals surface area (Å²) in [5.41, 5.74) is 7.05. The van der Waals surface area contributed by atoms with Crippen LogP contribution in [0.4, 0.5) is 0 Å². The molecule has 0 aliphatic heterocycles. The first-order valence-corrected chi connectivity index (χ1v) is 7.42. The number of rotatable bonds is 9. The summed E-state index contributed by atoms with van der Waals surface area (Å²) < 4.78 is 11.0. The third kappa shape index (κ3) is 6.04. The minimum atomic E-state index is -0.00722. The van der Waals surface area contributed by atoms with Crippen molar-refractivity contribution < 1.29 is 14.3 Å². The van der Waals surface area contributed by atoms with Crippen LogP contribution in [0.5, 0.6) is 11.5 Å². The summed E-state index contributed by atoms with van der Waals surface area (Å²) >= 11 is 0. The van der Waals surface area contributed by atoms with Crippen LogP contribution in [-0.2, 0) is 11.2 Å². The number of nitrogens with one attached hydrogen (secondary N) is 1. The second-order valence-electron chi connectivity index (χ2n) is 4.90. The molecule has 118 valence electrons. The first-order chi connectivity index (χ1) is 10.1. The Labute approximate surface area is 126 Å². The highest BCUT2D eigenvalue weighted by Crippen LogP contribution is 2.26. The van der Waals surface area contributed by atoms with Crippen LogP contribution >= 0.6 is 0 Å². The maximum Gasteiger partial charge on any atom is 0.223 e. The number of ether oxygens (including phenoxy) is 2. The van der Waals surface area contributed by atoms with Gasteiger partial charge in [-0.3, -0.25) is 4.79 Å². The van der Waals surface area contributed by atoms with Crippen molar-refractivity contribution in [2.24, 2.45) is 5.73 Å². The van der Waals surface area contributed by atoms with E-state index in [2.05, 4.69) is 12.2 Å². The molecule has 0 aromatic heterocycles. The van der Waals surface area contributed by atoms with Crippen LogP contribution in [0.15, 0.2) is 18.2 Å².